The molecule has 0 saturated carbocycles. The summed E-state index contributed by atoms with van der Waals surface area (Å²) in [5.74, 6) is 1.93. The summed E-state index contributed by atoms with van der Waals surface area (Å²) < 4.78 is 21.5. The summed E-state index contributed by atoms with van der Waals surface area (Å²) in [6.45, 7) is 2.56. The first-order valence-electron chi connectivity index (χ1n) is 8.07. The second-order valence-corrected chi connectivity index (χ2v) is 5.74. The first-order valence-corrected chi connectivity index (χ1v) is 8.07. The van der Waals surface area contributed by atoms with Crippen molar-refractivity contribution in [1.29, 1.82) is 0 Å². The van der Waals surface area contributed by atoms with Gasteiger partial charge in [0.2, 0.25) is 6.79 Å². The van der Waals surface area contributed by atoms with E-state index in [-0.39, 0.29) is 12.7 Å². The molecule has 1 aromatic carbocycles. The molecule has 0 atom stereocenters. The average molecular weight is 342 g/mol. The van der Waals surface area contributed by atoms with Gasteiger partial charge in [0.25, 0.3) is 5.91 Å². The SMILES string of the molecule is COc1cc2c(cc1-c1ccc(C(=O)N3CCOCC3)cn1)OCO2. The summed E-state index contributed by atoms with van der Waals surface area (Å²) in [7, 11) is 1.59. The fraction of sp³-hybridized carbons (Fsp3) is 0.333. The van der Waals surface area contributed by atoms with E-state index in [4.69, 9.17) is 18.9 Å². The molecule has 0 aliphatic carbocycles. The molecule has 0 bridgehead atoms. The fourth-order valence-electron chi connectivity index (χ4n) is 2.92. The predicted molar refractivity (Wildman–Crippen MR) is 89.1 cm³/mol. The van der Waals surface area contributed by atoms with E-state index in [2.05, 4.69) is 4.98 Å². The molecule has 1 aromatic heterocycles. The Bertz CT molecular complexity index is 785. The van der Waals surface area contributed by atoms with Crippen LogP contribution in [0.15, 0.2) is 30.5 Å². The first-order chi connectivity index (χ1) is 12.3. The molecule has 4 rings (SSSR count). The molecular formula is C18H18N2O5. The summed E-state index contributed by atoms with van der Waals surface area (Å²) >= 11 is 0. The minimum atomic E-state index is -0.0278. The standard InChI is InChI=1S/C18H18N2O5/c1-22-15-9-17-16(24-11-25-17)8-13(15)14-3-2-12(10-19-14)18(21)20-4-6-23-7-5-20/h2-3,8-10H,4-7,11H2,1H3. The normalized spacial score (nSPS) is 16.0. The maximum Gasteiger partial charge on any atom is 0.255 e. The molecule has 0 spiro atoms. The third-order valence-corrected chi connectivity index (χ3v) is 4.28. The van der Waals surface area contributed by atoms with E-state index in [1.54, 1.807) is 30.3 Å². The van der Waals surface area contributed by atoms with Crippen LogP contribution in [0.5, 0.6) is 17.2 Å². The third-order valence-electron chi connectivity index (χ3n) is 4.28. The van der Waals surface area contributed by atoms with Gasteiger partial charge in [0.1, 0.15) is 5.75 Å². The highest BCUT2D eigenvalue weighted by molar-refractivity contribution is 5.94. The number of amides is 1. The van der Waals surface area contributed by atoms with E-state index in [9.17, 15) is 4.79 Å². The van der Waals surface area contributed by atoms with Crippen LogP contribution >= 0.6 is 0 Å². The van der Waals surface area contributed by atoms with Crippen LogP contribution < -0.4 is 14.2 Å². The molecule has 7 nitrogen and oxygen atoms in total. The summed E-state index contributed by atoms with van der Waals surface area (Å²) in [6.07, 6.45) is 1.59. The van der Waals surface area contributed by atoms with E-state index >= 15 is 0 Å². The van der Waals surface area contributed by atoms with E-state index in [1.807, 2.05) is 12.1 Å². The lowest BCUT2D eigenvalue weighted by Crippen LogP contribution is -2.40. The Morgan fingerprint density at radius 3 is 2.60 bits per heavy atom. The number of benzene rings is 1. The third kappa shape index (κ3) is 2.98. The van der Waals surface area contributed by atoms with E-state index in [1.165, 1.54) is 0 Å². The lowest BCUT2D eigenvalue weighted by molar-refractivity contribution is 0.0302. The lowest BCUT2D eigenvalue weighted by atomic mass is 10.1. The maximum atomic E-state index is 12.5. The molecule has 7 heteroatoms. The van der Waals surface area contributed by atoms with Crippen molar-refractivity contribution < 1.29 is 23.7 Å². The van der Waals surface area contributed by atoms with Crippen molar-refractivity contribution in [1.82, 2.24) is 9.88 Å². The van der Waals surface area contributed by atoms with Crippen molar-refractivity contribution in [2.45, 2.75) is 0 Å². The van der Waals surface area contributed by atoms with Gasteiger partial charge in [-0.2, -0.15) is 0 Å². The second kappa shape index (κ2) is 6.60. The van der Waals surface area contributed by atoms with Gasteiger partial charge in [-0.1, -0.05) is 0 Å². The Morgan fingerprint density at radius 2 is 1.92 bits per heavy atom. The van der Waals surface area contributed by atoms with Crippen LogP contribution in [0.1, 0.15) is 10.4 Å². The number of ether oxygens (including phenoxy) is 4. The molecule has 1 fully saturated rings. The van der Waals surface area contributed by atoms with Crippen LogP contribution in [0.2, 0.25) is 0 Å². The van der Waals surface area contributed by atoms with Crippen LogP contribution in [-0.4, -0.2) is 56.0 Å². The summed E-state index contributed by atoms with van der Waals surface area (Å²) in [6, 6.07) is 7.22. The summed E-state index contributed by atoms with van der Waals surface area (Å²) in [4.78, 5) is 18.7. The maximum absolute atomic E-state index is 12.5. The van der Waals surface area contributed by atoms with Crippen molar-refractivity contribution in [2.75, 3.05) is 40.2 Å². The molecule has 130 valence electrons. The number of rotatable bonds is 3. The highest BCUT2D eigenvalue weighted by Gasteiger charge is 2.21. The zero-order valence-corrected chi connectivity index (χ0v) is 13.9. The van der Waals surface area contributed by atoms with Crippen molar-refractivity contribution in [3.8, 4) is 28.5 Å². The van der Waals surface area contributed by atoms with Crippen LogP contribution in [-0.2, 0) is 4.74 Å². The Morgan fingerprint density at radius 1 is 1.16 bits per heavy atom. The predicted octanol–water partition coefficient (Wildman–Crippen LogP) is 1.96. The summed E-state index contributed by atoms with van der Waals surface area (Å²) in [5.41, 5.74) is 2.05. The Hall–Kier alpha value is -2.80. The van der Waals surface area contributed by atoms with E-state index in [0.29, 0.717) is 54.8 Å². The molecule has 3 heterocycles. The van der Waals surface area contributed by atoms with Gasteiger partial charge in [0.05, 0.1) is 31.6 Å². The topological polar surface area (TPSA) is 70.1 Å². The van der Waals surface area contributed by atoms with Gasteiger partial charge < -0.3 is 23.8 Å². The molecule has 1 amide bonds. The number of morpholine rings is 1. The monoisotopic (exact) mass is 342 g/mol. The number of carbonyl (C=O) groups excluding carboxylic acids is 1. The molecule has 2 aliphatic rings. The van der Waals surface area contributed by atoms with Crippen LogP contribution in [0.25, 0.3) is 11.3 Å². The molecule has 2 aliphatic heterocycles. The van der Waals surface area contributed by atoms with Crippen molar-refractivity contribution in [3.63, 3.8) is 0 Å². The number of hydrogen-bond acceptors (Lipinski definition) is 6. The van der Waals surface area contributed by atoms with Gasteiger partial charge in [0, 0.05) is 30.9 Å². The minimum absolute atomic E-state index is 0.0278. The average Bonchev–Trinajstić information content (AvgIpc) is 3.14. The molecule has 2 aromatic rings. The van der Waals surface area contributed by atoms with Gasteiger partial charge in [-0.3, -0.25) is 9.78 Å². The Labute approximate surface area is 145 Å². The lowest BCUT2D eigenvalue weighted by Gasteiger charge is -2.26. The minimum Gasteiger partial charge on any atom is -0.496 e. The number of aromatic nitrogens is 1. The van der Waals surface area contributed by atoms with E-state index in [0.717, 1.165) is 5.56 Å². The number of pyridine rings is 1. The Kier molecular flexibility index (Phi) is 4.15. The van der Waals surface area contributed by atoms with Gasteiger partial charge >= 0.3 is 0 Å². The van der Waals surface area contributed by atoms with Crippen LogP contribution in [0.4, 0.5) is 0 Å². The number of nitrogens with zero attached hydrogens (tertiary/aromatic N) is 2. The number of carbonyl (C=O) groups is 1. The highest BCUT2D eigenvalue weighted by Crippen LogP contribution is 2.41. The number of fused-ring (bicyclic) bond motifs is 1. The number of methoxy groups -OCH3 is 1. The molecule has 0 unspecified atom stereocenters. The molecule has 0 N–H and O–H groups in total. The van der Waals surface area contributed by atoms with Crippen LogP contribution in [0.3, 0.4) is 0 Å². The molecule has 0 radical (unpaired) electrons. The second-order valence-electron chi connectivity index (χ2n) is 5.74. The van der Waals surface area contributed by atoms with Crippen molar-refractivity contribution >= 4 is 5.91 Å². The van der Waals surface area contributed by atoms with Gasteiger partial charge in [-0.05, 0) is 18.2 Å². The van der Waals surface area contributed by atoms with E-state index < -0.39 is 0 Å². The molecule has 1 saturated heterocycles. The van der Waals surface area contributed by atoms with Gasteiger partial charge in [0.15, 0.2) is 11.5 Å². The Balaban J connectivity index is 1.61. The van der Waals surface area contributed by atoms with Crippen LogP contribution in [0, 0.1) is 0 Å². The largest absolute Gasteiger partial charge is 0.496 e. The number of hydrogen-bond donors (Lipinski definition) is 0. The zero-order valence-electron chi connectivity index (χ0n) is 13.9. The molecule has 25 heavy (non-hydrogen) atoms. The van der Waals surface area contributed by atoms with Crippen molar-refractivity contribution in [2.24, 2.45) is 0 Å². The first kappa shape index (κ1) is 15.7. The highest BCUT2D eigenvalue weighted by atomic mass is 16.7. The zero-order chi connectivity index (χ0) is 17.2. The quantitative estimate of drug-likeness (QED) is 0.849. The molecular weight excluding hydrogens is 324 g/mol. The fourth-order valence-corrected chi connectivity index (χ4v) is 2.92. The van der Waals surface area contributed by atoms with Gasteiger partial charge in [-0.15, -0.1) is 0 Å². The smallest absolute Gasteiger partial charge is 0.255 e. The van der Waals surface area contributed by atoms with Crippen molar-refractivity contribution in [3.05, 3.63) is 36.0 Å². The summed E-state index contributed by atoms with van der Waals surface area (Å²) in [5, 5.41) is 0. The van der Waals surface area contributed by atoms with Gasteiger partial charge in [-0.25, -0.2) is 0 Å².